The Labute approximate surface area is 125 Å². The van der Waals surface area contributed by atoms with Gasteiger partial charge in [-0.15, -0.1) is 0 Å². The second-order valence-corrected chi connectivity index (χ2v) is 6.43. The van der Waals surface area contributed by atoms with Gasteiger partial charge in [0.2, 0.25) is 0 Å². The lowest BCUT2D eigenvalue weighted by Gasteiger charge is -2.36. The number of hydrogen-bond donors (Lipinski definition) is 2. The largest absolute Gasteiger partial charge is 0.394 e. The van der Waals surface area contributed by atoms with E-state index in [9.17, 15) is 9.90 Å². The van der Waals surface area contributed by atoms with E-state index in [-0.39, 0.29) is 18.6 Å². The van der Waals surface area contributed by atoms with Gasteiger partial charge < -0.3 is 15.0 Å². The lowest BCUT2D eigenvalue weighted by molar-refractivity contribution is 0.0748. The van der Waals surface area contributed by atoms with Gasteiger partial charge in [-0.2, -0.15) is 0 Å². The summed E-state index contributed by atoms with van der Waals surface area (Å²) in [5, 5.41) is 13.3. The zero-order valence-electron chi connectivity index (χ0n) is 12.2. The lowest BCUT2D eigenvalue weighted by Crippen LogP contribution is -2.52. The van der Waals surface area contributed by atoms with Crippen LogP contribution < -0.4 is 5.32 Å². The van der Waals surface area contributed by atoms with Crippen molar-refractivity contribution in [1.82, 2.24) is 9.88 Å². The number of aliphatic hydroxyl groups is 1. The number of halogens is 1. The summed E-state index contributed by atoms with van der Waals surface area (Å²) in [5.74, 6) is -0.151. The maximum absolute atomic E-state index is 12.5. The van der Waals surface area contributed by atoms with E-state index in [1.54, 1.807) is 12.3 Å². The Morgan fingerprint density at radius 2 is 2.10 bits per heavy atom. The van der Waals surface area contributed by atoms with Crippen LogP contribution in [-0.2, 0) is 0 Å². The molecule has 1 fully saturated rings. The first kappa shape index (κ1) is 15.4. The summed E-state index contributed by atoms with van der Waals surface area (Å²) in [6.45, 7) is 4.01. The molecular weight excluding hydrogens is 276 g/mol. The molecule has 0 unspecified atom stereocenters. The smallest absolute Gasteiger partial charge is 0.268 e. The molecule has 0 aromatic carbocycles. The molecule has 1 aromatic heterocycles. The first-order valence-corrected chi connectivity index (χ1v) is 7.66. The van der Waals surface area contributed by atoms with Crippen LogP contribution >= 0.6 is 11.6 Å². The van der Waals surface area contributed by atoms with Gasteiger partial charge in [0.05, 0.1) is 17.2 Å². The fraction of sp³-hybridized carbons (Fsp3) is 0.667. The van der Waals surface area contributed by atoms with E-state index in [1.807, 2.05) is 18.4 Å². The van der Waals surface area contributed by atoms with Gasteiger partial charge >= 0.3 is 0 Å². The van der Waals surface area contributed by atoms with Crippen molar-refractivity contribution in [2.75, 3.05) is 6.61 Å². The van der Waals surface area contributed by atoms with Gasteiger partial charge in [-0.3, -0.25) is 4.79 Å². The molecule has 4 nitrogen and oxygen atoms in total. The minimum atomic E-state index is -0.464. The maximum atomic E-state index is 12.5. The first-order valence-electron chi connectivity index (χ1n) is 7.28. The highest BCUT2D eigenvalue weighted by Gasteiger charge is 2.33. The molecule has 1 aromatic rings. The monoisotopic (exact) mass is 298 g/mol. The number of aromatic nitrogens is 1. The van der Waals surface area contributed by atoms with Crippen molar-refractivity contribution >= 4 is 17.5 Å². The second kappa shape index (κ2) is 6.19. The van der Waals surface area contributed by atoms with Crippen molar-refractivity contribution < 1.29 is 9.90 Å². The van der Waals surface area contributed by atoms with Crippen LogP contribution in [0, 0.1) is 0 Å². The molecule has 0 saturated heterocycles. The quantitative estimate of drug-likeness (QED) is 0.897. The number of carbonyl (C=O) groups excluding carboxylic acids is 1. The highest BCUT2D eigenvalue weighted by molar-refractivity contribution is 6.31. The molecule has 112 valence electrons. The molecule has 0 radical (unpaired) electrons. The van der Waals surface area contributed by atoms with Crippen LogP contribution in [0.15, 0.2) is 12.3 Å². The van der Waals surface area contributed by atoms with E-state index >= 15 is 0 Å². The third-order valence-electron chi connectivity index (χ3n) is 4.10. The van der Waals surface area contributed by atoms with E-state index in [2.05, 4.69) is 5.32 Å². The molecule has 2 N–H and O–H groups in total. The zero-order chi connectivity index (χ0) is 14.8. The Balaban J connectivity index is 2.19. The Morgan fingerprint density at radius 3 is 2.65 bits per heavy atom. The van der Waals surface area contributed by atoms with E-state index in [4.69, 9.17) is 11.6 Å². The Bertz CT molecular complexity index is 476. The van der Waals surface area contributed by atoms with E-state index in [1.165, 1.54) is 6.42 Å². The highest BCUT2D eigenvalue weighted by Crippen LogP contribution is 2.28. The molecule has 20 heavy (non-hydrogen) atoms. The van der Waals surface area contributed by atoms with Gasteiger partial charge in [0.1, 0.15) is 5.69 Å². The predicted molar refractivity (Wildman–Crippen MR) is 80.2 cm³/mol. The summed E-state index contributed by atoms with van der Waals surface area (Å²) in [7, 11) is 0. The maximum Gasteiger partial charge on any atom is 0.268 e. The number of amides is 1. The summed E-state index contributed by atoms with van der Waals surface area (Å²) in [4.78, 5) is 12.5. The molecule has 2 rings (SSSR count). The Hall–Kier alpha value is -1.00. The van der Waals surface area contributed by atoms with Crippen LogP contribution in [0.25, 0.3) is 0 Å². The topological polar surface area (TPSA) is 54.3 Å². The number of hydrogen-bond acceptors (Lipinski definition) is 2. The number of rotatable bonds is 4. The SMILES string of the molecule is CC(C)n1cc(Cl)cc1C(=O)NC1(CO)CCCCC1. The molecule has 0 atom stereocenters. The van der Waals surface area contributed by atoms with Gasteiger partial charge in [-0.25, -0.2) is 0 Å². The van der Waals surface area contributed by atoms with Crippen molar-refractivity contribution in [2.24, 2.45) is 0 Å². The molecule has 1 saturated carbocycles. The van der Waals surface area contributed by atoms with Crippen molar-refractivity contribution in [3.63, 3.8) is 0 Å². The molecular formula is C15H23ClN2O2. The van der Waals surface area contributed by atoms with Gasteiger partial charge in [0, 0.05) is 12.2 Å². The van der Waals surface area contributed by atoms with Gasteiger partial charge in [-0.05, 0) is 32.8 Å². The number of carbonyl (C=O) groups is 1. The number of aliphatic hydroxyl groups excluding tert-OH is 1. The number of nitrogens with one attached hydrogen (secondary N) is 1. The third-order valence-corrected chi connectivity index (χ3v) is 4.30. The molecule has 5 heteroatoms. The average molecular weight is 299 g/mol. The van der Waals surface area contributed by atoms with E-state index in [0.29, 0.717) is 10.7 Å². The van der Waals surface area contributed by atoms with Crippen LogP contribution in [0.4, 0.5) is 0 Å². The van der Waals surface area contributed by atoms with Gasteiger partial charge in [-0.1, -0.05) is 30.9 Å². The summed E-state index contributed by atoms with van der Waals surface area (Å²) in [6, 6.07) is 1.85. The molecule has 0 bridgehead atoms. The highest BCUT2D eigenvalue weighted by atomic mass is 35.5. The Kier molecular flexibility index (Phi) is 4.76. The molecule has 0 aliphatic heterocycles. The second-order valence-electron chi connectivity index (χ2n) is 6.00. The summed E-state index contributed by atoms with van der Waals surface area (Å²) in [5.41, 5.74) is 0.0943. The van der Waals surface area contributed by atoms with E-state index < -0.39 is 5.54 Å². The minimum absolute atomic E-state index is 0.00510. The van der Waals surface area contributed by atoms with E-state index in [0.717, 1.165) is 25.7 Å². The molecule has 1 aliphatic carbocycles. The zero-order valence-corrected chi connectivity index (χ0v) is 12.9. The van der Waals surface area contributed by atoms with Crippen molar-refractivity contribution in [2.45, 2.75) is 57.5 Å². The molecule has 1 aliphatic rings. The normalized spacial score (nSPS) is 18.2. The molecule has 1 heterocycles. The fourth-order valence-corrected chi connectivity index (χ4v) is 3.12. The minimum Gasteiger partial charge on any atom is -0.394 e. The standard InChI is InChI=1S/C15H23ClN2O2/c1-11(2)18-9-12(16)8-13(18)14(20)17-15(10-19)6-4-3-5-7-15/h8-9,11,19H,3-7,10H2,1-2H3,(H,17,20). The van der Waals surface area contributed by atoms with Crippen LogP contribution in [0.3, 0.4) is 0 Å². The van der Waals surface area contributed by atoms with Crippen molar-refractivity contribution in [3.8, 4) is 0 Å². The van der Waals surface area contributed by atoms with Crippen molar-refractivity contribution in [1.29, 1.82) is 0 Å². The lowest BCUT2D eigenvalue weighted by atomic mass is 9.82. The average Bonchev–Trinajstić information content (AvgIpc) is 2.82. The first-order chi connectivity index (χ1) is 9.47. The summed E-state index contributed by atoms with van der Waals surface area (Å²) < 4.78 is 1.87. The van der Waals surface area contributed by atoms with Gasteiger partial charge in [0.15, 0.2) is 0 Å². The molecule has 1 amide bonds. The summed E-state index contributed by atoms with van der Waals surface area (Å²) in [6.07, 6.45) is 6.72. The van der Waals surface area contributed by atoms with Crippen molar-refractivity contribution in [3.05, 3.63) is 23.0 Å². The Morgan fingerprint density at radius 1 is 1.45 bits per heavy atom. The van der Waals surface area contributed by atoms with Crippen LogP contribution in [-0.4, -0.2) is 27.7 Å². The van der Waals surface area contributed by atoms with Crippen LogP contribution in [0.2, 0.25) is 5.02 Å². The fourth-order valence-electron chi connectivity index (χ4n) is 2.91. The number of nitrogens with zero attached hydrogens (tertiary/aromatic N) is 1. The van der Waals surface area contributed by atoms with Crippen LogP contribution in [0.5, 0.6) is 0 Å². The third kappa shape index (κ3) is 3.18. The summed E-state index contributed by atoms with van der Waals surface area (Å²) >= 11 is 6.01. The predicted octanol–water partition coefficient (Wildman–Crippen LogP) is 3.15. The molecule has 0 spiro atoms. The van der Waals surface area contributed by atoms with Crippen LogP contribution in [0.1, 0.15) is 62.5 Å². The van der Waals surface area contributed by atoms with Gasteiger partial charge in [0.25, 0.3) is 5.91 Å².